The van der Waals surface area contributed by atoms with Crippen LogP contribution in [0.3, 0.4) is 0 Å². The smallest absolute Gasteiger partial charge is 0.322 e. The van der Waals surface area contributed by atoms with Crippen LogP contribution >= 0.6 is 0 Å². The van der Waals surface area contributed by atoms with E-state index in [0.717, 1.165) is 12.8 Å². The number of nitrogens with one attached hydrogen (secondary N) is 1. The molecule has 76 valence electrons. The Hall–Kier alpha value is -0.570. The summed E-state index contributed by atoms with van der Waals surface area (Å²) in [4.78, 5) is 11.3. The molecule has 0 aromatic carbocycles. The molecule has 0 aromatic rings. The Morgan fingerprint density at radius 2 is 2.15 bits per heavy atom. The third-order valence-corrected chi connectivity index (χ3v) is 2.71. The quantitative estimate of drug-likeness (QED) is 0.659. The Morgan fingerprint density at radius 1 is 1.46 bits per heavy atom. The number of carbonyl (C=O) groups is 1. The van der Waals surface area contributed by atoms with E-state index in [2.05, 4.69) is 19.2 Å². The van der Waals surface area contributed by atoms with Gasteiger partial charge in [0.2, 0.25) is 0 Å². The Balaban J connectivity index is 2.46. The zero-order chi connectivity index (χ0) is 9.84. The summed E-state index contributed by atoms with van der Waals surface area (Å²) in [6.07, 6.45) is 3.21. The van der Waals surface area contributed by atoms with Crippen LogP contribution in [0, 0.1) is 5.92 Å². The molecule has 0 aliphatic carbocycles. The van der Waals surface area contributed by atoms with Crippen LogP contribution in [0.4, 0.5) is 0 Å². The van der Waals surface area contributed by atoms with Crippen molar-refractivity contribution in [1.82, 2.24) is 5.32 Å². The fraction of sp³-hybridized carbons (Fsp3) is 0.900. The maximum Gasteiger partial charge on any atom is 0.322 e. The number of piperidine rings is 1. The molecule has 0 saturated carbocycles. The van der Waals surface area contributed by atoms with Crippen LogP contribution in [-0.2, 0) is 9.53 Å². The van der Waals surface area contributed by atoms with Gasteiger partial charge in [-0.1, -0.05) is 13.8 Å². The van der Waals surface area contributed by atoms with E-state index in [1.54, 1.807) is 0 Å². The molecule has 13 heavy (non-hydrogen) atoms. The monoisotopic (exact) mass is 185 g/mol. The Kier molecular flexibility index (Phi) is 3.72. The fourth-order valence-electron chi connectivity index (χ4n) is 1.82. The van der Waals surface area contributed by atoms with Crippen molar-refractivity contribution in [3.8, 4) is 0 Å². The topological polar surface area (TPSA) is 38.3 Å². The molecule has 1 aliphatic heterocycles. The van der Waals surface area contributed by atoms with Crippen molar-refractivity contribution in [2.75, 3.05) is 7.11 Å². The summed E-state index contributed by atoms with van der Waals surface area (Å²) in [6.45, 7) is 4.36. The minimum absolute atomic E-state index is 0.0776. The Bertz CT molecular complexity index is 180. The van der Waals surface area contributed by atoms with E-state index >= 15 is 0 Å². The highest BCUT2D eigenvalue weighted by Crippen LogP contribution is 2.18. The average molecular weight is 185 g/mol. The van der Waals surface area contributed by atoms with Crippen LogP contribution in [-0.4, -0.2) is 25.2 Å². The van der Waals surface area contributed by atoms with Crippen molar-refractivity contribution in [3.63, 3.8) is 0 Å². The number of esters is 1. The number of carbonyl (C=O) groups excluding carboxylic acids is 1. The van der Waals surface area contributed by atoms with Crippen LogP contribution in [0.25, 0.3) is 0 Å². The van der Waals surface area contributed by atoms with Gasteiger partial charge in [-0.05, 0) is 25.2 Å². The van der Waals surface area contributed by atoms with Gasteiger partial charge in [0, 0.05) is 6.04 Å². The van der Waals surface area contributed by atoms with Gasteiger partial charge in [0.15, 0.2) is 0 Å². The van der Waals surface area contributed by atoms with Gasteiger partial charge < -0.3 is 10.1 Å². The highest BCUT2D eigenvalue weighted by atomic mass is 16.5. The molecule has 3 nitrogen and oxygen atoms in total. The molecular weight excluding hydrogens is 166 g/mol. The number of hydrogen-bond donors (Lipinski definition) is 1. The minimum atomic E-state index is -0.120. The largest absolute Gasteiger partial charge is 0.468 e. The molecule has 1 saturated heterocycles. The predicted molar refractivity (Wildman–Crippen MR) is 51.4 cm³/mol. The van der Waals surface area contributed by atoms with Crippen molar-refractivity contribution < 1.29 is 9.53 Å². The van der Waals surface area contributed by atoms with Crippen LogP contribution in [0.15, 0.2) is 0 Å². The SMILES string of the molecule is COC(=O)C1CCCC(C(C)C)N1. The molecule has 0 radical (unpaired) electrons. The molecule has 1 rings (SSSR count). The summed E-state index contributed by atoms with van der Waals surface area (Å²) >= 11 is 0. The van der Waals surface area contributed by atoms with Gasteiger partial charge in [-0.3, -0.25) is 4.79 Å². The number of hydrogen-bond acceptors (Lipinski definition) is 3. The van der Waals surface area contributed by atoms with Crippen LogP contribution in [0.2, 0.25) is 0 Å². The van der Waals surface area contributed by atoms with Gasteiger partial charge in [-0.25, -0.2) is 0 Å². The molecule has 2 unspecified atom stereocenters. The molecule has 0 amide bonds. The first kappa shape index (κ1) is 10.5. The highest BCUT2D eigenvalue weighted by molar-refractivity contribution is 5.75. The second-order valence-electron chi connectivity index (χ2n) is 4.02. The molecule has 1 fully saturated rings. The van der Waals surface area contributed by atoms with Crippen LogP contribution in [0.5, 0.6) is 0 Å². The lowest BCUT2D eigenvalue weighted by Gasteiger charge is -2.31. The first-order valence-corrected chi connectivity index (χ1v) is 4.99. The zero-order valence-corrected chi connectivity index (χ0v) is 8.67. The van der Waals surface area contributed by atoms with Gasteiger partial charge in [-0.15, -0.1) is 0 Å². The van der Waals surface area contributed by atoms with Crippen molar-refractivity contribution >= 4 is 5.97 Å². The minimum Gasteiger partial charge on any atom is -0.468 e. The lowest BCUT2D eigenvalue weighted by atomic mass is 9.91. The van der Waals surface area contributed by atoms with Gasteiger partial charge in [0.1, 0.15) is 6.04 Å². The predicted octanol–water partition coefficient (Wildman–Crippen LogP) is 1.33. The molecule has 3 heteroatoms. The molecule has 2 atom stereocenters. The maximum absolute atomic E-state index is 11.3. The molecule has 0 spiro atoms. The first-order chi connectivity index (χ1) is 6.15. The first-order valence-electron chi connectivity index (χ1n) is 4.99. The summed E-state index contributed by atoms with van der Waals surface area (Å²) in [5.41, 5.74) is 0. The summed E-state index contributed by atoms with van der Waals surface area (Å²) < 4.78 is 4.72. The van der Waals surface area contributed by atoms with Gasteiger partial charge >= 0.3 is 5.97 Å². The standard InChI is InChI=1S/C10H19NO2/c1-7(2)8-5-4-6-9(11-8)10(12)13-3/h7-9,11H,4-6H2,1-3H3. The zero-order valence-electron chi connectivity index (χ0n) is 8.67. The van der Waals surface area contributed by atoms with Crippen molar-refractivity contribution in [2.45, 2.75) is 45.2 Å². The molecule has 1 aliphatic rings. The van der Waals surface area contributed by atoms with E-state index < -0.39 is 0 Å². The number of ether oxygens (including phenoxy) is 1. The summed E-state index contributed by atoms with van der Waals surface area (Å²) in [5.74, 6) is 0.470. The number of rotatable bonds is 2. The van der Waals surface area contributed by atoms with Crippen molar-refractivity contribution in [2.24, 2.45) is 5.92 Å². The molecule has 0 bridgehead atoms. The third-order valence-electron chi connectivity index (χ3n) is 2.71. The molecule has 1 heterocycles. The lowest BCUT2D eigenvalue weighted by molar-refractivity contribution is -0.144. The van der Waals surface area contributed by atoms with Crippen LogP contribution in [0.1, 0.15) is 33.1 Å². The average Bonchev–Trinajstić information content (AvgIpc) is 2.17. The maximum atomic E-state index is 11.3. The van der Waals surface area contributed by atoms with E-state index in [9.17, 15) is 4.79 Å². The van der Waals surface area contributed by atoms with E-state index in [0.29, 0.717) is 12.0 Å². The fourth-order valence-corrected chi connectivity index (χ4v) is 1.82. The van der Waals surface area contributed by atoms with E-state index in [4.69, 9.17) is 4.74 Å². The second-order valence-corrected chi connectivity index (χ2v) is 4.02. The number of methoxy groups -OCH3 is 1. The van der Waals surface area contributed by atoms with Gasteiger partial charge in [0.05, 0.1) is 7.11 Å². The third kappa shape index (κ3) is 2.69. The van der Waals surface area contributed by atoms with E-state index in [1.807, 2.05) is 0 Å². The summed E-state index contributed by atoms with van der Waals surface area (Å²) in [7, 11) is 1.45. The van der Waals surface area contributed by atoms with E-state index in [1.165, 1.54) is 13.5 Å². The van der Waals surface area contributed by atoms with Crippen molar-refractivity contribution in [1.29, 1.82) is 0 Å². The van der Waals surface area contributed by atoms with Crippen LogP contribution < -0.4 is 5.32 Å². The molecular formula is C10H19NO2. The normalized spacial score (nSPS) is 28.9. The van der Waals surface area contributed by atoms with Gasteiger partial charge in [0.25, 0.3) is 0 Å². The lowest BCUT2D eigenvalue weighted by Crippen LogP contribution is -2.49. The van der Waals surface area contributed by atoms with E-state index in [-0.39, 0.29) is 12.0 Å². The molecule has 1 N–H and O–H groups in total. The second kappa shape index (κ2) is 4.61. The summed E-state index contributed by atoms with van der Waals surface area (Å²) in [5, 5.41) is 3.33. The highest BCUT2D eigenvalue weighted by Gasteiger charge is 2.28. The van der Waals surface area contributed by atoms with Crippen molar-refractivity contribution in [3.05, 3.63) is 0 Å². The Morgan fingerprint density at radius 3 is 2.69 bits per heavy atom. The van der Waals surface area contributed by atoms with Gasteiger partial charge in [-0.2, -0.15) is 0 Å². The molecule has 0 aromatic heterocycles. The Labute approximate surface area is 79.8 Å². The summed E-state index contributed by atoms with van der Waals surface area (Å²) in [6, 6.07) is 0.393.